The highest BCUT2D eigenvalue weighted by Gasteiger charge is 2.41. The zero-order valence-corrected chi connectivity index (χ0v) is 14.3. The lowest BCUT2D eigenvalue weighted by Gasteiger charge is -2.34. The summed E-state index contributed by atoms with van der Waals surface area (Å²) in [6, 6.07) is 6.02. The highest BCUT2D eigenvalue weighted by Crippen LogP contribution is 2.40. The number of hydrogen-bond donors (Lipinski definition) is 1. The average Bonchev–Trinajstić information content (AvgIpc) is 3.03. The largest absolute Gasteiger partial charge is 0.487 e. The third-order valence-corrected chi connectivity index (χ3v) is 4.61. The van der Waals surface area contributed by atoms with Crippen molar-refractivity contribution in [2.75, 3.05) is 6.61 Å². The number of hydrogen-bond acceptors (Lipinski definition) is 4. The highest BCUT2D eigenvalue weighted by atomic mass is 19.3. The minimum absolute atomic E-state index is 0.0542. The van der Waals surface area contributed by atoms with Gasteiger partial charge in [0.15, 0.2) is 6.61 Å². The molecule has 0 spiro atoms. The van der Waals surface area contributed by atoms with Crippen LogP contribution in [-0.2, 0) is 9.53 Å². The number of halogens is 2. The van der Waals surface area contributed by atoms with Crippen LogP contribution in [0.2, 0.25) is 0 Å². The summed E-state index contributed by atoms with van der Waals surface area (Å²) < 4.78 is 36.4. The van der Waals surface area contributed by atoms with E-state index in [0.717, 1.165) is 25.7 Å². The first kappa shape index (κ1) is 19.1. The molecule has 138 valence electrons. The first-order chi connectivity index (χ1) is 11.7. The minimum atomic E-state index is -4.11. The van der Waals surface area contributed by atoms with E-state index in [-0.39, 0.29) is 11.2 Å². The molecule has 1 N–H and O–H groups in total. The van der Waals surface area contributed by atoms with Gasteiger partial charge in [0.1, 0.15) is 11.4 Å². The standard InChI is InChI=1S/C18H22F2O5/c1-12(2)17(9-3-4-10-17)25-14-7-5-13(6-8-14)15(21)24-11-18(19,20)16(22)23/h5-8,12H,3-4,9-11H2,1-2H3,(H,22,23). The van der Waals surface area contributed by atoms with Gasteiger partial charge in [-0.2, -0.15) is 8.78 Å². The number of rotatable bonds is 7. The number of benzene rings is 1. The van der Waals surface area contributed by atoms with Gasteiger partial charge in [-0.3, -0.25) is 0 Å². The number of esters is 1. The number of aliphatic carboxylic acids is 1. The van der Waals surface area contributed by atoms with Gasteiger partial charge in [0.05, 0.1) is 5.56 Å². The zero-order valence-electron chi connectivity index (χ0n) is 14.3. The summed E-state index contributed by atoms with van der Waals surface area (Å²) >= 11 is 0. The van der Waals surface area contributed by atoms with Crippen molar-refractivity contribution >= 4 is 11.9 Å². The maximum Gasteiger partial charge on any atom is 0.378 e. The summed E-state index contributed by atoms with van der Waals surface area (Å²) in [5, 5.41) is 8.31. The summed E-state index contributed by atoms with van der Waals surface area (Å²) in [4.78, 5) is 22.1. The van der Waals surface area contributed by atoms with Crippen molar-refractivity contribution in [3.8, 4) is 5.75 Å². The summed E-state index contributed by atoms with van der Waals surface area (Å²) in [6.07, 6.45) is 4.16. The number of carboxylic acids is 1. The topological polar surface area (TPSA) is 72.8 Å². The Morgan fingerprint density at radius 1 is 1.20 bits per heavy atom. The molecule has 0 aromatic heterocycles. The molecule has 0 atom stereocenters. The van der Waals surface area contributed by atoms with Crippen LogP contribution in [0.1, 0.15) is 49.9 Å². The Labute approximate surface area is 144 Å². The lowest BCUT2D eigenvalue weighted by Crippen LogP contribution is -2.38. The molecular weight excluding hydrogens is 334 g/mol. The molecule has 7 heteroatoms. The predicted octanol–water partition coefficient (Wildman–Crippen LogP) is 3.91. The summed E-state index contributed by atoms with van der Waals surface area (Å²) in [6.45, 7) is 2.72. The van der Waals surface area contributed by atoms with Gasteiger partial charge in [0.25, 0.3) is 0 Å². The highest BCUT2D eigenvalue weighted by molar-refractivity contribution is 5.89. The average molecular weight is 356 g/mol. The van der Waals surface area contributed by atoms with Gasteiger partial charge in [-0.25, -0.2) is 9.59 Å². The fourth-order valence-electron chi connectivity index (χ4n) is 2.97. The van der Waals surface area contributed by atoms with Crippen LogP contribution in [0.3, 0.4) is 0 Å². The number of carbonyl (C=O) groups is 2. The predicted molar refractivity (Wildman–Crippen MR) is 86.0 cm³/mol. The molecule has 0 saturated heterocycles. The van der Waals surface area contributed by atoms with Gasteiger partial charge in [0.2, 0.25) is 0 Å². The number of carbonyl (C=O) groups excluding carboxylic acids is 1. The fourth-order valence-corrected chi connectivity index (χ4v) is 2.97. The molecule has 0 bridgehead atoms. The Morgan fingerprint density at radius 2 is 1.76 bits per heavy atom. The van der Waals surface area contributed by atoms with Crippen LogP contribution >= 0.6 is 0 Å². The first-order valence-corrected chi connectivity index (χ1v) is 8.24. The van der Waals surface area contributed by atoms with Gasteiger partial charge >= 0.3 is 17.9 Å². The first-order valence-electron chi connectivity index (χ1n) is 8.24. The molecule has 1 aliphatic carbocycles. The normalized spacial score (nSPS) is 16.7. The third-order valence-electron chi connectivity index (χ3n) is 4.61. The Bertz CT molecular complexity index is 619. The maximum absolute atomic E-state index is 12.9. The molecule has 0 heterocycles. The van der Waals surface area contributed by atoms with Crippen LogP contribution in [0.15, 0.2) is 24.3 Å². The number of alkyl halides is 2. The fraction of sp³-hybridized carbons (Fsp3) is 0.556. The molecule has 5 nitrogen and oxygen atoms in total. The van der Waals surface area contributed by atoms with Crippen molar-refractivity contribution in [2.45, 2.75) is 51.1 Å². The molecule has 2 rings (SSSR count). The SMILES string of the molecule is CC(C)C1(Oc2ccc(C(=O)OCC(F)(F)C(=O)O)cc2)CCCC1. The van der Waals surface area contributed by atoms with E-state index in [1.54, 1.807) is 12.1 Å². The monoisotopic (exact) mass is 356 g/mol. The summed E-state index contributed by atoms with van der Waals surface area (Å²) in [7, 11) is 0. The lowest BCUT2D eigenvalue weighted by atomic mass is 9.88. The van der Waals surface area contributed by atoms with Gasteiger partial charge in [-0.05, 0) is 55.9 Å². The molecule has 0 amide bonds. The van der Waals surface area contributed by atoms with Crippen LogP contribution in [0.25, 0.3) is 0 Å². The molecule has 0 radical (unpaired) electrons. The third kappa shape index (κ3) is 4.46. The van der Waals surface area contributed by atoms with Gasteiger partial charge in [-0.1, -0.05) is 13.8 Å². The van der Waals surface area contributed by atoms with E-state index in [1.807, 2.05) is 0 Å². The van der Waals surface area contributed by atoms with E-state index < -0.39 is 24.5 Å². The molecule has 1 aliphatic rings. The van der Waals surface area contributed by atoms with Crippen molar-refractivity contribution in [2.24, 2.45) is 5.92 Å². The second-order valence-corrected chi connectivity index (χ2v) is 6.64. The maximum atomic E-state index is 12.9. The second kappa shape index (κ2) is 7.37. The van der Waals surface area contributed by atoms with E-state index in [0.29, 0.717) is 11.7 Å². The van der Waals surface area contributed by atoms with E-state index in [1.165, 1.54) is 12.1 Å². The van der Waals surface area contributed by atoms with Gasteiger partial charge < -0.3 is 14.6 Å². The molecular formula is C18H22F2O5. The van der Waals surface area contributed by atoms with E-state index in [9.17, 15) is 18.4 Å². The molecule has 0 aliphatic heterocycles. The van der Waals surface area contributed by atoms with Crippen LogP contribution < -0.4 is 4.74 Å². The molecule has 0 unspecified atom stereocenters. The van der Waals surface area contributed by atoms with Gasteiger partial charge in [0, 0.05) is 0 Å². The molecule has 1 fully saturated rings. The Morgan fingerprint density at radius 3 is 2.24 bits per heavy atom. The second-order valence-electron chi connectivity index (χ2n) is 6.64. The van der Waals surface area contributed by atoms with Crippen LogP contribution in [0, 0.1) is 5.92 Å². The number of carboxylic acid groups (broad SMARTS) is 1. The molecule has 1 aromatic rings. The zero-order chi connectivity index (χ0) is 18.7. The van der Waals surface area contributed by atoms with Gasteiger partial charge in [-0.15, -0.1) is 0 Å². The smallest absolute Gasteiger partial charge is 0.378 e. The van der Waals surface area contributed by atoms with Crippen molar-refractivity contribution in [1.82, 2.24) is 0 Å². The van der Waals surface area contributed by atoms with E-state index in [2.05, 4.69) is 18.6 Å². The Balaban J connectivity index is 1.99. The lowest BCUT2D eigenvalue weighted by molar-refractivity contribution is -0.170. The summed E-state index contributed by atoms with van der Waals surface area (Å²) in [5.41, 5.74) is -0.162. The molecule has 1 saturated carbocycles. The molecule has 25 heavy (non-hydrogen) atoms. The quantitative estimate of drug-likeness (QED) is 0.750. The minimum Gasteiger partial charge on any atom is -0.487 e. The van der Waals surface area contributed by atoms with Crippen LogP contribution in [-0.4, -0.2) is 35.2 Å². The Hall–Kier alpha value is -2.18. The van der Waals surface area contributed by atoms with Crippen molar-refractivity contribution < 1.29 is 33.0 Å². The summed E-state index contributed by atoms with van der Waals surface area (Å²) in [5.74, 6) is -6.50. The number of ether oxygens (including phenoxy) is 2. The Kier molecular flexibility index (Phi) is 5.65. The van der Waals surface area contributed by atoms with Crippen LogP contribution in [0.5, 0.6) is 5.75 Å². The van der Waals surface area contributed by atoms with Crippen molar-refractivity contribution in [1.29, 1.82) is 0 Å². The molecule has 1 aromatic carbocycles. The van der Waals surface area contributed by atoms with Crippen LogP contribution in [0.4, 0.5) is 8.78 Å². The van der Waals surface area contributed by atoms with E-state index in [4.69, 9.17) is 9.84 Å². The van der Waals surface area contributed by atoms with E-state index >= 15 is 0 Å². The van der Waals surface area contributed by atoms with Crippen molar-refractivity contribution in [3.63, 3.8) is 0 Å². The van der Waals surface area contributed by atoms with Crippen molar-refractivity contribution in [3.05, 3.63) is 29.8 Å².